The Morgan fingerprint density at radius 2 is 2.45 bits per heavy atom. The maximum Gasteiger partial charge on any atom is 0.357 e. The van der Waals surface area contributed by atoms with E-state index in [1.54, 1.807) is 13.0 Å². The molecule has 0 radical (unpaired) electrons. The van der Waals surface area contributed by atoms with Crippen molar-refractivity contribution in [3.8, 4) is 6.07 Å². The fraction of sp³-hybridized carbons (Fsp3) is 0.500. The molecule has 1 N–H and O–H groups in total. The molecule has 0 aliphatic heterocycles. The van der Waals surface area contributed by atoms with Crippen LogP contribution in [-0.2, 0) is 9.53 Å². The lowest BCUT2D eigenvalue weighted by Crippen LogP contribution is -2.16. The van der Waals surface area contributed by atoms with Gasteiger partial charge in [-0.3, -0.25) is 0 Å². The average molecular weight is 156 g/mol. The van der Waals surface area contributed by atoms with Crippen molar-refractivity contribution in [2.75, 3.05) is 6.61 Å². The monoisotopic (exact) mass is 156 g/mol. The lowest BCUT2D eigenvalue weighted by atomic mass is 10.3. The third-order valence-corrected chi connectivity index (χ3v) is 0.878. The van der Waals surface area contributed by atoms with Gasteiger partial charge in [-0.2, -0.15) is 5.26 Å². The summed E-state index contributed by atoms with van der Waals surface area (Å²) in [4.78, 5) is 10.7. The van der Waals surface area contributed by atoms with Crippen LogP contribution in [0.25, 0.3) is 0 Å². The van der Waals surface area contributed by atoms with Gasteiger partial charge in [-0.05, 0) is 6.92 Å². The van der Waals surface area contributed by atoms with Crippen LogP contribution in [0.2, 0.25) is 0 Å². The molecule has 60 valence electrons. The topological polar surface area (TPSA) is 82.7 Å². The third kappa shape index (κ3) is 3.20. The Balaban J connectivity index is 4.07. The van der Waals surface area contributed by atoms with Gasteiger partial charge in [-0.15, -0.1) is 0 Å². The molecule has 0 fully saturated rings. The van der Waals surface area contributed by atoms with Crippen molar-refractivity contribution in [3.63, 3.8) is 0 Å². The molecule has 0 aromatic carbocycles. The maximum atomic E-state index is 10.7. The van der Waals surface area contributed by atoms with E-state index in [0.717, 1.165) is 0 Å². The number of ether oxygens (including phenoxy) is 1. The Hall–Kier alpha value is -1.57. The molecule has 0 atom stereocenters. The van der Waals surface area contributed by atoms with E-state index in [-0.39, 0.29) is 18.7 Å². The molecule has 0 saturated carbocycles. The van der Waals surface area contributed by atoms with Crippen molar-refractivity contribution in [3.05, 3.63) is 0 Å². The Bertz CT molecular complexity index is 204. The maximum absolute atomic E-state index is 10.7. The van der Waals surface area contributed by atoms with E-state index < -0.39 is 5.97 Å². The Morgan fingerprint density at radius 3 is 2.82 bits per heavy atom. The quantitative estimate of drug-likeness (QED) is 0.275. The number of carbonyl (C=O) groups is 1. The number of hydrogen-bond acceptors (Lipinski definition) is 5. The lowest BCUT2D eigenvalue weighted by molar-refractivity contribution is -0.135. The predicted molar refractivity (Wildman–Crippen MR) is 36.1 cm³/mol. The van der Waals surface area contributed by atoms with Gasteiger partial charge in [0.25, 0.3) is 0 Å². The molecule has 0 aromatic rings. The van der Waals surface area contributed by atoms with Crippen LogP contribution in [0.15, 0.2) is 5.16 Å². The van der Waals surface area contributed by atoms with Crippen LogP contribution >= 0.6 is 0 Å². The molecule has 5 heteroatoms. The number of oxime groups is 1. The summed E-state index contributed by atoms with van der Waals surface area (Å²) in [6.07, 6.45) is -0.241. The molecule has 0 spiro atoms. The smallest absolute Gasteiger partial charge is 0.357 e. The van der Waals surface area contributed by atoms with Crippen molar-refractivity contribution in [1.82, 2.24) is 0 Å². The second kappa shape index (κ2) is 5.23. The van der Waals surface area contributed by atoms with Gasteiger partial charge in [0, 0.05) is 0 Å². The highest BCUT2D eigenvalue weighted by Gasteiger charge is 2.11. The largest absolute Gasteiger partial charge is 0.461 e. The first-order valence-electron chi connectivity index (χ1n) is 3.01. The van der Waals surface area contributed by atoms with Gasteiger partial charge in [0.2, 0.25) is 0 Å². The minimum Gasteiger partial charge on any atom is -0.461 e. The standard InChI is InChI=1S/C6H8N2O3/c1-2-11-6(9)5(8-10)3-4-7/h10H,2-3H2,1H3/b8-5+. The molecule has 0 saturated heterocycles. The normalized spacial score (nSPS) is 10.4. The number of nitriles is 1. The summed E-state index contributed by atoms with van der Waals surface area (Å²) in [5.74, 6) is -0.753. The van der Waals surface area contributed by atoms with Crippen LogP contribution in [0, 0.1) is 11.3 Å². The number of hydrogen-bond donors (Lipinski definition) is 1. The number of esters is 1. The summed E-state index contributed by atoms with van der Waals surface area (Å²) in [7, 11) is 0. The first-order valence-corrected chi connectivity index (χ1v) is 3.01. The fourth-order valence-electron chi connectivity index (χ4n) is 0.438. The highest BCUT2D eigenvalue weighted by molar-refractivity contribution is 6.36. The second-order valence-electron chi connectivity index (χ2n) is 1.60. The van der Waals surface area contributed by atoms with Gasteiger partial charge in [0.15, 0.2) is 5.71 Å². The van der Waals surface area contributed by atoms with E-state index in [9.17, 15) is 4.79 Å². The zero-order valence-electron chi connectivity index (χ0n) is 6.07. The van der Waals surface area contributed by atoms with Crippen molar-refractivity contribution in [2.45, 2.75) is 13.3 Å². The van der Waals surface area contributed by atoms with Crippen LogP contribution in [0.3, 0.4) is 0 Å². The molecule has 11 heavy (non-hydrogen) atoms. The van der Waals surface area contributed by atoms with Gasteiger partial charge >= 0.3 is 5.97 Å². The molecular weight excluding hydrogens is 148 g/mol. The highest BCUT2D eigenvalue weighted by atomic mass is 16.5. The zero-order valence-corrected chi connectivity index (χ0v) is 6.07. The summed E-state index contributed by atoms with van der Waals surface area (Å²) in [6, 6.07) is 1.67. The van der Waals surface area contributed by atoms with Crippen molar-refractivity contribution in [1.29, 1.82) is 5.26 Å². The second-order valence-corrected chi connectivity index (χ2v) is 1.60. The zero-order chi connectivity index (χ0) is 8.69. The molecule has 0 heterocycles. The summed E-state index contributed by atoms with van der Waals surface area (Å²) in [6.45, 7) is 1.82. The summed E-state index contributed by atoms with van der Waals surface area (Å²) >= 11 is 0. The van der Waals surface area contributed by atoms with E-state index in [1.165, 1.54) is 0 Å². The summed E-state index contributed by atoms with van der Waals surface area (Å²) in [5, 5.41) is 18.9. The van der Waals surface area contributed by atoms with E-state index in [0.29, 0.717) is 0 Å². The van der Waals surface area contributed by atoms with Gasteiger partial charge in [0.1, 0.15) is 0 Å². The van der Waals surface area contributed by atoms with E-state index in [1.807, 2.05) is 0 Å². The Labute approximate surface area is 63.9 Å². The average Bonchev–Trinajstić information content (AvgIpc) is 2.00. The molecule has 5 nitrogen and oxygen atoms in total. The van der Waals surface area contributed by atoms with Gasteiger partial charge in [-0.1, -0.05) is 5.16 Å². The fourth-order valence-corrected chi connectivity index (χ4v) is 0.438. The molecule has 0 aliphatic rings. The summed E-state index contributed by atoms with van der Waals surface area (Å²) < 4.78 is 4.47. The lowest BCUT2D eigenvalue weighted by Gasteiger charge is -1.98. The minimum atomic E-state index is -0.753. The van der Waals surface area contributed by atoms with Crippen LogP contribution in [0.5, 0.6) is 0 Å². The third-order valence-electron chi connectivity index (χ3n) is 0.878. The minimum absolute atomic E-state index is 0.198. The molecule has 0 aromatic heterocycles. The molecular formula is C6H8N2O3. The molecule has 0 bridgehead atoms. The van der Waals surface area contributed by atoms with Crippen LogP contribution in [-0.4, -0.2) is 23.5 Å². The molecule has 0 unspecified atom stereocenters. The van der Waals surface area contributed by atoms with E-state index in [2.05, 4.69) is 9.89 Å². The Kier molecular flexibility index (Phi) is 4.49. The van der Waals surface area contributed by atoms with Gasteiger partial charge in [-0.25, -0.2) is 4.79 Å². The van der Waals surface area contributed by atoms with E-state index >= 15 is 0 Å². The summed E-state index contributed by atoms with van der Waals surface area (Å²) in [5.41, 5.74) is -0.269. The van der Waals surface area contributed by atoms with Gasteiger partial charge < -0.3 is 9.94 Å². The SMILES string of the molecule is CCOC(=O)/C(CC#N)=N/O. The van der Waals surface area contributed by atoms with Crippen molar-refractivity contribution in [2.24, 2.45) is 5.16 Å². The van der Waals surface area contributed by atoms with Crippen molar-refractivity contribution < 1.29 is 14.7 Å². The van der Waals surface area contributed by atoms with Crippen LogP contribution in [0.4, 0.5) is 0 Å². The Morgan fingerprint density at radius 1 is 1.82 bits per heavy atom. The molecule has 0 amide bonds. The highest BCUT2D eigenvalue weighted by Crippen LogP contribution is 1.89. The van der Waals surface area contributed by atoms with Crippen LogP contribution in [0.1, 0.15) is 13.3 Å². The van der Waals surface area contributed by atoms with Crippen LogP contribution < -0.4 is 0 Å². The number of nitrogens with zero attached hydrogens (tertiary/aromatic N) is 2. The first-order chi connectivity index (χ1) is 5.26. The number of rotatable bonds is 3. The first kappa shape index (κ1) is 9.43. The molecule has 0 rings (SSSR count). The number of carbonyl (C=O) groups excluding carboxylic acids is 1. The van der Waals surface area contributed by atoms with Crippen molar-refractivity contribution >= 4 is 11.7 Å². The molecule has 0 aliphatic carbocycles. The van der Waals surface area contributed by atoms with Gasteiger partial charge in [0.05, 0.1) is 19.1 Å². The van der Waals surface area contributed by atoms with E-state index in [4.69, 9.17) is 10.5 Å². The predicted octanol–water partition coefficient (Wildman–Crippen LogP) is 0.293.